The van der Waals surface area contributed by atoms with E-state index < -0.39 is 10.0 Å². The van der Waals surface area contributed by atoms with Gasteiger partial charge < -0.3 is 5.32 Å². The summed E-state index contributed by atoms with van der Waals surface area (Å²) in [4.78, 5) is 12.7. The molecular formula is C20H23N5O3S2. The van der Waals surface area contributed by atoms with Crippen molar-refractivity contribution < 1.29 is 13.2 Å². The fourth-order valence-corrected chi connectivity index (χ4v) is 5.65. The Morgan fingerprint density at radius 3 is 2.73 bits per heavy atom. The third-order valence-corrected chi connectivity index (χ3v) is 7.89. The van der Waals surface area contributed by atoms with E-state index in [1.165, 1.54) is 16.1 Å². The minimum atomic E-state index is -3.55. The van der Waals surface area contributed by atoms with Crippen molar-refractivity contribution in [2.75, 3.05) is 24.2 Å². The Morgan fingerprint density at radius 2 is 1.93 bits per heavy atom. The summed E-state index contributed by atoms with van der Waals surface area (Å²) in [5, 5.41) is 11.6. The second kappa shape index (κ2) is 8.75. The molecule has 0 saturated carbocycles. The maximum absolute atomic E-state index is 12.9. The van der Waals surface area contributed by atoms with Crippen LogP contribution in [0.25, 0.3) is 5.65 Å². The average molecular weight is 446 g/mol. The van der Waals surface area contributed by atoms with Gasteiger partial charge in [-0.05, 0) is 49.6 Å². The molecule has 10 heteroatoms. The molecular weight excluding hydrogens is 422 g/mol. The van der Waals surface area contributed by atoms with E-state index in [9.17, 15) is 13.2 Å². The molecule has 0 unspecified atom stereocenters. The van der Waals surface area contributed by atoms with E-state index in [2.05, 4.69) is 15.5 Å². The van der Waals surface area contributed by atoms with E-state index in [-0.39, 0.29) is 16.6 Å². The second-order valence-corrected chi connectivity index (χ2v) is 10.1. The van der Waals surface area contributed by atoms with Crippen LogP contribution in [0.15, 0.2) is 52.6 Å². The van der Waals surface area contributed by atoms with Gasteiger partial charge in [-0.2, -0.15) is 4.31 Å². The summed E-state index contributed by atoms with van der Waals surface area (Å²) >= 11 is 1.27. The SMILES string of the molecule is Cc1ccc(S(=O)(=O)N2CCCCC2)cc1NC(=O)CSc1nnc2ccccn12. The Morgan fingerprint density at radius 1 is 1.13 bits per heavy atom. The van der Waals surface area contributed by atoms with Gasteiger partial charge in [0.25, 0.3) is 0 Å². The third-order valence-electron chi connectivity index (χ3n) is 5.05. The van der Waals surface area contributed by atoms with Gasteiger partial charge in [0, 0.05) is 25.0 Å². The molecule has 30 heavy (non-hydrogen) atoms. The Hall–Kier alpha value is -2.43. The van der Waals surface area contributed by atoms with Crippen LogP contribution in [-0.4, -0.2) is 52.1 Å². The number of carbonyl (C=O) groups excluding carboxylic acids is 1. The first-order valence-corrected chi connectivity index (χ1v) is 12.2. The fraction of sp³-hybridized carbons (Fsp3) is 0.350. The number of piperidine rings is 1. The van der Waals surface area contributed by atoms with E-state index >= 15 is 0 Å². The molecule has 1 aromatic carbocycles. The number of fused-ring (bicyclic) bond motifs is 1. The van der Waals surface area contributed by atoms with Crippen molar-refractivity contribution in [3.63, 3.8) is 0 Å². The molecule has 0 atom stereocenters. The molecule has 4 rings (SSSR count). The summed E-state index contributed by atoms with van der Waals surface area (Å²) in [5.74, 6) is -0.0959. The van der Waals surface area contributed by atoms with Gasteiger partial charge >= 0.3 is 0 Å². The fourth-order valence-electron chi connectivity index (χ4n) is 3.38. The number of aromatic nitrogens is 3. The lowest BCUT2D eigenvalue weighted by atomic mass is 10.2. The van der Waals surface area contributed by atoms with Crippen LogP contribution < -0.4 is 5.32 Å². The van der Waals surface area contributed by atoms with Gasteiger partial charge in [0.15, 0.2) is 10.8 Å². The number of hydrogen-bond acceptors (Lipinski definition) is 6. The topological polar surface area (TPSA) is 96.7 Å². The Bertz CT molecular complexity index is 1170. The zero-order valence-corrected chi connectivity index (χ0v) is 18.2. The van der Waals surface area contributed by atoms with Gasteiger partial charge in [0.05, 0.1) is 10.6 Å². The highest BCUT2D eigenvalue weighted by Gasteiger charge is 2.26. The first-order chi connectivity index (χ1) is 14.4. The van der Waals surface area contributed by atoms with E-state index in [4.69, 9.17) is 0 Å². The highest BCUT2D eigenvalue weighted by Crippen LogP contribution is 2.25. The predicted octanol–water partition coefficient (Wildman–Crippen LogP) is 2.94. The van der Waals surface area contributed by atoms with Gasteiger partial charge in [-0.15, -0.1) is 10.2 Å². The number of hydrogen-bond donors (Lipinski definition) is 1. The van der Waals surface area contributed by atoms with Crippen LogP contribution in [-0.2, 0) is 14.8 Å². The van der Waals surface area contributed by atoms with E-state index in [1.54, 1.807) is 18.2 Å². The molecule has 8 nitrogen and oxygen atoms in total. The van der Waals surface area contributed by atoms with Gasteiger partial charge in [0.2, 0.25) is 15.9 Å². The molecule has 1 aliphatic heterocycles. The van der Waals surface area contributed by atoms with Crippen LogP contribution in [0.2, 0.25) is 0 Å². The Kier molecular flexibility index (Phi) is 6.07. The molecule has 2 aromatic heterocycles. The number of rotatable bonds is 6. The molecule has 1 amide bonds. The highest BCUT2D eigenvalue weighted by molar-refractivity contribution is 7.99. The number of nitrogens with zero attached hydrogens (tertiary/aromatic N) is 4. The average Bonchev–Trinajstić information content (AvgIpc) is 3.17. The molecule has 3 heterocycles. The Balaban J connectivity index is 1.46. The van der Waals surface area contributed by atoms with Gasteiger partial charge in [-0.25, -0.2) is 8.42 Å². The largest absolute Gasteiger partial charge is 0.325 e. The zero-order chi connectivity index (χ0) is 21.1. The first-order valence-electron chi connectivity index (χ1n) is 9.78. The molecule has 0 spiro atoms. The van der Waals surface area contributed by atoms with E-state index in [0.717, 1.165) is 24.8 Å². The maximum Gasteiger partial charge on any atom is 0.243 e. The van der Waals surface area contributed by atoms with Crippen molar-refractivity contribution in [1.29, 1.82) is 0 Å². The molecule has 3 aromatic rings. The lowest BCUT2D eigenvalue weighted by Gasteiger charge is -2.26. The summed E-state index contributed by atoms with van der Waals surface area (Å²) in [6.45, 7) is 2.92. The third kappa shape index (κ3) is 4.35. The van der Waals surface area contributed by atoms with Crippen LogP contribution in [0.1, 0.15) is 24.8 Å². The number of amides is 1. The Labute approximate surface area is 179 Å². The van der Waals surface area contributed by atoms with Gasteiger partial charge in [-0.3, -0.25) is 9.20 Å². The monoisotopic (exact) mass is 445 g/mol. The molecule has 1 fully saturated rings. The summed E-state index contributed by atoms with van der Waals surface area (Å²) < 4.78 is 29.2. The summed E-state index contributed by atoms with van der Waals surface area (Å²) in [6, 6.07) is 10.5. The first kappa shape index (κ1) is 20.8. The minimum absolute atomic E-state index is 0.137. The van der Waals surface area contributed by atoms with Crippen LogP contribution in [0.5, 0.6) is 0 Å². The maximum atomic E-state index is 12.9. The number of carbonyl (C=O) groups is 1. The summed E-state index contributed by atoms with van der Waals surface area (Å²) in [6.07, 6.45) is 4.65. The predicted molar refractivity (Wildman–Crippen MR) is 116 cm³/mol. The molecule has 1 saturated heterocycles. The molecule has 0 radical (unpaired) electrons. The lowest BCUT2D eigenvalue weighted by Crippen LogP contribution is -2.35. The minimum Gasteiger partial charge on any atom is -0.325 e. The normalized spacial score (nSPS) is 15.4. The van der Waals surface area contributed by atoms with Crippen molar-refractivity contribution >= 4 is 39.0 Å². The van der Waals surface area contributed by atoms with Gasteiger partial charge in [-0.1, -0.05) is 30.3 Å². The molecule has 1 N–H and O–H groups in total. The standard InChI is InChI=1S/C20H23N5O3S2/c1-15-8-9-16(30(27,28)24-10-4-2-5-11-24)13-17(15)21-19(26)14-29-20-23-22-18-7-3-6-12-25(18)20/h3,6-9,12-13H,2,4-5,10-11,14H2,1H3,(H,21,26). The van der Waals surface area contributed by atoms with Crippen LogP contribution in [0.4, 0.5) is 5.69 Å². The van der Waals surface area contributed by atoms with Crippen LogP contribution in [0, 0.1) is 6.92 Å². The van der Waals surface area contributed by atoms with Crippen molar-refractivity contribution in [2.24, 2.45) is 0 Å². The highest BCUT2D eigenvalue weighted by atomic mass is 32.2. The van der Waals surface area contributed by atoms with Crippen LogP contribution >= 0.6 is 11.8 Å². The van der Waals surface area contributed by atoms with Crippen LogP contribution in [0.3, 0.4) is 0 Å². The lowest BCUT2D eigenvalue weighted by molar-refractivity contribution is -0.113. The van der Waals surface area contributed by atoms with Crippen molar-refractivity contribution in [2.45, 2.75) is 36.2 Å². The zero-order valence-electron chi connectivity index (χ0n) is 16.6. The number of thioether (sulfide) groups is 1. The summed E-state index contributed by atoms with van der Waals surface area (Å²) in [5.41, 5.74) is 2.02. The quantitative estimate of drug-likeness (QED) is 0.586. The molecule has 0 bridgehead atoms. The van der Waals surface area contributed by atoms with E-state index in [0.29, 0.717) is 29.6 Å². The number of benzene rings is 1. The number of anilines is 1. The second-order valence-electron chi connectivity index (χ2n) is 7.19. The number of sulfonamides is 1. The summed E-state index contributed by atoms with van der Waals surface area (Å²) in [7, 11) is -3.55. The molecule has 158 valence electrons. The van der Waals surface area contributed by atoms with Gasteiger partial charge in [0.1, 0.15) is 0 Å². The molecule has 0 aliphatic carbocycles. The number of pyridine rings is 1. The molecule has 1 aliphatic rings. The number of nitrogens with one attached hydrogen (secondary N) is 1. The smallest absolute Gasteiger partial charge is 0.243 e. The van der Waals surface area contributed by atoms with Crippen molar-refractivity contribution in [3.8, 4) is 0 Å². The van der Waals surface area contributed by atoms with Crippen molar-refractivity contribution in [3.05, 3.63) is 48.2 Å². The van der Waals surface area contributed by atoms with Crippen molar-refractivity contribution in [1.82, 2.24) is 18.9 Å². The number of aryl methyl sites for hydroxylation is 1. The van der Waals surface area contributed by atoms with E-state index in [1.807, 2.05) is 35.7 Å².